The van der Waals surface area contributed by atoms with E-state index in [1.807, 2.05) is 30.3 Å². The van der Waals surface area contributed by atoms with Gasteiger partial charge in [-0.15, -0.1) is 29.3 Å². The molecule has 0 fully saturated rings. The molecule has 6 aromatic carbocycles. The van der Waals surface area contributed by atoms with Crippen LogP contribution in [0.3, 0.4) is 0 Å². The molecule has 8 aromatic rings. The molecule has 2 heterocycles. The molecule has 5 heteroatoms. The number of hydrogen-bond acceptors (Lipinski definition) is 3. The smallest absolute Gasteiger partial charge is 0.148 e. The summed E-state index contributed by atoms with van der Waals surface area (Å²) in [5, 5.41) is 12.3. The standard InChI is InChI=1S/C60H64N3O.Pt/c1-37(2)43-33-49(38(3)4)56(64)50(34-43)57-62-55-48(20-17-21-54(55)63(57)53-27-24-41(35-51(53)60(11,12)13)39-18-15-14-16-19-39)44-30-45(32-47(31-44)59(8,9)10)52-36-42(28-29-61-52)40-22-25-46(26-23-40)58(5,6)7;/h14-29,31-38,64H,1-13H3;/q-1;/i5D3,6D3,7D3;. The Hall–Kier alpha value is -5.57. The third-order valence-corrected chi connectivity index (χ3v) is 12.2. The molecule has 336 valence electrons. The molecule has 0 unspecified atom stereocenters. The van der Waals surface area contributed by atoms with E-state index in [2.05, 4.69) is 147 Å². The van der Waals surface area contributed by atoms with E-state index < -0.39 is 26.0 Å². The maximum atomic E-state index is 12.3. The molecule has 0 amide bonds. The van der Waals surface area contributed by atoms with E-state index in [9.17, 15) is 5.11 Å². The van der Waals surface area contributed by atoms with Crippen molar-refractivity contribution in [3.05, 3.63) is 167 Å². The van der Waals surface area contributed by atoms with E-state index in [1.165, 1.54) is 12.1 Å². The minimum Gasteiger partial charge on any atom is -0.507 e. The molecule has 8 rings (SSSR count). The number of aromatic nitrogens is 3. The summed E-state index contributed by atoms with van der Waals surface area (Å²) in [6, 6.07) is 44.7. The molecule has 0 saturated heterocycles. The van der Waals surface area contributed by atoms with Crippen molar-refractivity contribution in [1.82, 2.24) is 14.5 Å². The molecule has 0 radical (unpaired) electrons. The number of aromatic hydroxyl groups is 1. The third-order valence-electron chi connectivity index (χ3n) is 12.2. The molecule has 0 aliphatic carbocycles. The average Bonchev–Trinajstić information content (AvgIpc) is 3.69. The topological polar surface area (TPSA) is 50.9 Å². The van der Waals surface area contributed by atoms with Gasteiger partial charge in [-0.05, 0) is 103 Å². The summed E-state index contributed by atoms with van der Waals surface area (Å²) in [5.41, 5.74) is 9.65. The van der Waals surface area contributed by atoms with Crippen LogP contribution in [-0.4, -0.2) is 19.6 Å². The average molecular weight is 1050 g/mol. The van der Waals surface area contributed by atoms with Crippen LogP contribution >= 0.6 is 0 Å². The molecule has 2 aromatic heterocycles. The predicted molar refractivity (Wildman–Crippen MR) is 271 cm³/mol. The summed E-state index contributed by atoms with van der Waals surface area (Å²) in [6.45, 7) is 11.5. The first kappa shape index (κ1) is 36.6. The Morgan fingerprint density at radius 3 is 1.91 bits per heavy atom. The van der Waals surface area contributed by atoms with Crippen LogP contribution in [0.1, 0.15) is 142 Å². The number of pyridine rings is 1. The van der Waals surface area contributed by atoms with Gasteiger partial charge in [0.05, 0.1) is 22.3 Å². The Morgan fingerprint density at radius 2 is 1.26 bits per heavy atom. The molecular formula is C60H64N3OPt-. The predicted octanol–water partition coefficient (Wildman–Crippen LogP) is 16.4. The van der Waals surface area contributed by atoms with Crippen LogP contribution in [0.25, 0.3) is 72.7 Å². The van der Waals surface area contributed by atoms with Crippen LogP contribution in [0.4, 0.5) is 0 Å². The van der Waals surface area contributed by atoms with Gasteiger partial charge in [-0.3, -0.25) is 9.55 Å². The fourth-order valence-corrected chi connectivity index (χ4v) is 8.46. The second-order valence-corrected chi connectivity index (χ2v) is 19.8. The number of imidazole rings is 1. The number of nitrogens with zero attached hydrogens (tertiary/aromatic N) is 3. The maximum absolute atomic E-state index is 12.3. The molecule has 0 atom stereocenters. The second-order valence-electron chi connectivity index (χ2n) is 19.8. The fraction of sp³-hybridized carbons (Fsp3) is 0.300. The van der Waals surface area contributed by atoms with Gasteiger partial charge in [0.2, 0.25) is 0 Å². The van der Waals surface area contributed by atoms with Crippen LogP contribution in [0.5, 0.6) is 5.75 Å². The molecule has 65 heavy (non-hydrogen) atoms. The summed E-state index contributed by atoms with van der Waals surface area (Å²) in [4.78, 5) is 10.4. The minimum absolute atomic E-state index is 0. The Bertz CT molecular complexity index is 3300. The Balaban J connectivity index is 0.00000800. The second kappa shape index (κ2) is 18.0. The fourth-order valence-electron chi connectivity index (χ4n) is 8.46. The monoisotopic (exact) mass is 1050 g/mol. The minimum atomic E-state index is -3.37. The van der Waals surface area contributed by atoms with E-state index >= 15 is 0 Å². The van der Waals surface area contributed by atoms with Gasteiger partial charge in [-0.2, -0.15) is 0 Å². The van der Waals surface area contributed by atoms with Gasteiger partial charge in [0.25, 0.3) is 0 Å². The SMILES string of the molecule is [2H]C([2H])([2H])C(c1ccc(-c2ccnc(-c3[c-]c(-c4cccc5c4nc(-c4cc(C(C)C)cc(C(C)C)c4O)n5-c4ccc(-c5ccccc5)cc4C(C)(C)C)cc(C(C)(C)C)c3)c2)cc1)(C([2H])([2H])[2H])C([2H])([2H])[2H].[Pt]. The molecule has 4 nitrogen and oxygen atoms in total. The Labute approximate surface area is 415 Å². The van der Waals surface area contributed by atoms with E-state index in [0.717, 1.165) is 61.2 Å². The van der Waals surface area contributed by atoms with Crippen molar-refractivity contribution in [2.45, 2.75) is 118 Å². The van der Waals surface area contributed by atoms with Crippen molar-refractivity contribution in [3.8, 4) is 67.5 Å². The van der Waals surface area contributed by atoms with Crippen molar-refractivity contribution in [1.29, 1.82) is 0 Å². The van der Waals surface area contributed by atoms with Crippen LogP contribution < -0.4 is 0 Å². The number of rotatable bonds is 8. The van der Waals surface area contributed by atoms with Crippen molar-refractivity contribution in [2.75, 3.05) is 0 Å². The van der Waals surface area contributed by atoms with Crippen LogP contribution in [0.15, 0.2) is 134 Å². The normalized spacial score (nSPS) is 14.9. The van der Waals surface area contributed by atoms with Crippen molar-refractivity contribution >= 4 is 11.0 Å². The molecule has 0 spiro atoms. The van der Waals surface area contributed by atoms with Gasteiger partial charge < -0.3 is 5.11 Å². The summed E-state index contributed by atoms with van der Waals surface area (Å²) in [6.07, 6.45) is 1.67. The van der Waals surface area contributed by atoms with Gasteiger partial charge in [-0.1, -0.05) is 186 Å². The Kier molecular flexibility index (Phi) is 10.1. The first-order chi connectivity index (χ1) is 33.9. The zero-order valence-corrected chi connectivity index (χ0v) is 41.2. The number of fused-ring (bicyclic) bond motifs is 1. The summed E-state index contributed by atoms with van der Waals surface area (Å²) < 4.78 is 76.1. The van der Waals surface area contributed by atoms with Gasteiger partial charge in [0.15, 0.2) is 0 Å². The molecule has 0 aliphatic rings. The van der Waals surface area contributed by atoms with E-state index in [1.54, 1.807) is 24.4 Å². The van der Waals surface area contributed by atoms with E-state index in [-0.39, 0.29) is 55.0 Å². The van der Waals surface area contributed by atoms with Gasteiger partial charge >= 0.3 is 0 Å². The van der Waals surface area contributed by atoms with Crippen molar-refractivity contribution in [2.24, 2.45) is 0 Å². The van der Waals surface area contributed by atoms with Gasteiger partial charge in [0.1, 0.15) is 11.6 Å². The van der Waals surface area contributed by atoms with E-state index in [4.69, 9.17) is 22.3 Å². The molecular weight excluding hydrogens is 974 g/mol. The zero-order valence-electron chi connectivity index (χ0n) is 48.0. The third kappa shape index (κ3) is 9.57. The summed E-state index contributed by atoms with van der Waals surface area (Å²) in [7, 11) is 0. The quantitative estimate of drug-likeness (QED) is 0.154. The molecule has 0 aliphatic heterocycles. The number of phenols is 1. The van der Waals surface area contributed by atoms with Gasteiger partial charge in [0, 0.05) is 45.3 Å². The van der Waals surface area contributed by atoms with Crippen molar-refractivity contribution in [3.63, 3.8) is 0 Å². The van der Waals surface area contributed by atoms with Crippen LogP contribution in [0.2, 0.25) is 0 Å². The number of para-hydroxylation sites is 1. The molecule has 0 bridgehead atoms. The van der Waals surface area contributed by atoms with Gasteiger partial charge in [-0.25, -0.2) is 4.98 Å². The van der Waals surface area contributed by atoms with Crippen LogP contribution in [0, 0.1) is 6.07 Å². The first-order valence-corrected chi connectivity index (χ1v) is 22.2. The number of phenolic OH excluding ortho intramolecular Hbond substituents is 1. The zero-order chi connectivity index (χ0) is 53.4. The molecule has 1 N–H and O–H groups in total. The maximum Gasteiger partial charge on any atom is 0.148 e. The first-order valence-electron chi connectivity index (χ1n) is 26.7. The Morgan fingerprint density at radius 1 is 0.600 bits per heavy atom. The number of hydrogen-bond donors (Lipinski definition) is 1. The summed E-state index contributed by atoms with van der Waals surface area (Å²) >= 11 is 0. The number of benzene rings is 6. The summed E-state index contributed by atoms with van der Waals surface area (Å²) in [5.74, 6) is 1.04. The largest absolute Gasteiger partial charge is 0.507 e. The van der Waals surface area contributed by atoms with Crippen LogP contribution in [-0.2, 0) is 37.3 Å². The van der Waals surface area contributed by atoms with E-state index in [0.29, 0.717) is 33.8 Å². The van der Waals surface area contributed by atoms with Crippen molar-refractivity contribution < 1.29 is 38.5 Å². The molecule has 0 saturated carbocycles.